The second-order valence-corrected chi connectivity index (χ2v) is 5.21. The van der Waals surface area contributed by atoms with E-state index in [-0.39, 0.29) is 18.0 Å². The highest BCUT2D eigenvalue weighted by Gasteiger charge is 2.42. The summed E-state index contributed by atoms with van der Waals surface area (Å²) in [6.07, 6.45) is 1.66. The van der Waals surface area contributed by atoms with Gasteiger partial charge < -0.3 is 10.2 Å². The molecule has 1 aromatic rings. The standard InChI is InChI=1S/C16H17N3O2/c1-3-9-19-12-10-18(2)15(20)13(12)14(17-16(19)21)11-7-5-4-6-8-11/h3-8,14H,1,9-10H2,2H3,(H,17,21)/t14-/m0/s1. The number of urea groups is 1. The van der Waals surface area contributed by atoms with Gasteiger partial charge in [-0.3, -0.25) is 9.69 Å². The summed E-state index contributed by atoms with van der Waals surface area (Å²) in [5.74, 6) is -0.0343. The first-order valence-electron chi connectivity index (χ1n) is 6.86. The highest BCUT2D eigenvalue weighted by molar-refractivity contribution is 6.01. The van der Waals surface area contributed by atoms with Gasteiger partial charge in [-0.25, -0.2) is 4.79 Å². The van der Waals surface area contributed by atoms with E-state index in [1.54, 1.807) is 22.9 Å². The molecule has 108 valence electrons. The lowest BCUT2D eigenvalue weighted by Gasteiger charge is -2.33. The second-order valence-electron chi connectivity index (χ2n) is 5.21. The monoisotopic (exact) mass is 283 g/mol. The summed E-state index contributed by atoms with van der Waals surface area (Å²) in [5.41, 5.74) is 2.35. The zero-order chi connectivity index (χ0) is 15.0. The van der Waals surface area contributed by atoms with E-state index in [4.69, 9.17) is 0 Å². The Kier molecular flexibility index (Phi) is 3.25. The second kappa shape index (κ2) is 5.09. The Hall–Kier alpha value is -2.56. The summed E-state index contributed by atoms with van der Waals surface area (Å²) >= 11 is 0. The molecule has 1 aromatic carbocycles. The van der Waals surface area contributed by atoms with Gasteiger partial charge in [-0.05, 0) is 5.56 Å². The van der Waals surface area contributed by atoms with E-state index in [0.717, 1.165) is 11.3 Å². The van der Waals surface area contributed by atoms with Crippen LogP contribution in [0.15, 0.2) is 54.3 Å². The lowest BCUT2D eigenvalue weighted by Crippen LogP contribution is -2.47. The Bertz CT molecular complexity index is 636. The average Bonchev–Trinajstić information content (AvgIpc) is 2.79. The van der Waals surface area contributed by atoms with Crippen molar-refractivity contribution in [2.24, 2.45) is 0 Å². The van der Waals surface area contributed by atoms with Gasteiger partial charge in [-0.2, -0.15) is 0 Å². The van der Waals surface area contributed by atoms with Crippen molar-refractivity contribution in [1.29, 1.82) is 0 Å². The molecule has 0 radical (unpaired) electrons. The number of nitrogens with zero attached hydrogens (tertiary/aromatic N) is 2. The molecule has 3 amide bonds. The van der Waals surface area contributed by atoms with Crippen LogP contribution in [0.25, 0.3) is 0 Å². The zero-order valence-electron chi connectivity index (χ0n) is 11.9. The van der Waals surface area contributed by atoms with Gasteiger partial charge in [0.2, 0.25) is 0 Å². The molecule has 0 fully saturated rings. The number of rotatable bonds is 3. The molecule has 0 saturated carbocycles. The van der Waals surface area contributed by atoms with Crippen LogP contribution in [0, 0.1) is 0 Å². The molecule has 1 N–H and O–H groups in total. The fourth-order valence-corrected chi connectivity index (χ4v) is 2.85. The molecule has 5 nitrogen and oxygen atoms in total. The predicted molar refractivity (Wildman–Crippen MR) is 79.3 cm³/mol. The highest BCUT2D eigenvalue weighted by Crippen LogP contribution is 2.35. The van der Waals surface area contributed by atoms with E-state index in [0.29, 0.717) is 18.7 Å². The third-order valence-corrected chi connectivity index (χ3v) is 3.85. The molecular formula is C16H17N3O2. The normalized spacial score (nSPS) is 21.5. The summed E-state index contributed by atoms with van der Waals surface area (Å²) in [6.45, 7) is 4.53. The minimum Gasteiger partial charge on any atom is -0.336 e. The fraction of sp³-hybridized carbons (Fsp3) is 0.250. The number of carbonyl (C=O) groups excluding carboxylic acids is 2. The highest BCUT2D eigenvalue weighted by atomic mass is 16.2. The molecule has 3 rings (SSSR count). The number of amides is 3. The van der Waals surface area contributed by atoms with Crippen LogP contribution in [-0.2, 0) is 4.79 Å². The summed E-state index contributed by atoms with van der Waals surface area (Å²) < 4.78 is 0. The first-order valence-corrected chi connectivity index (χ1v) is 6.86. The minimum atomic E-state index is -0.382. The van der Waals surface area contributed by atoms with Crippen LogP contribution in [0.1, 0.15) is 11.6 Å². The quantitative estimate of drug-likeness (QED) is 0.858. The summed E-state index contributed by atoms with van der Waals surface area (Å²) in [5, 5.41) is 2.92. The van der Waals surface area contributed by atoms with Crippen LogP contribution in [0.2, 0.25) is 0 Å². The van der Waals surface area contributed by atoms with Crippen molar-refractivity contribution >= 4 is 11.9 Å². The van der Waals surface area contributed by atoms with Crippen LogP contribution < -0.4 is 5.32 Å². The maximum Gasteiger partial charge on any atom is 0.322 e. The number of likely N-dealkylation sites (N-methyl/N-ethyl adjacent to an activating group) is 1. The van der Waals surface area contributed by atoms with Crippen LogP contribution in [0.5, 0.6) is 0 Å². The molecule has 0 bridgehead atoms. The van der Waals surface area contributed by atoms with Gasteiger partial charge in [0.05, 0.1) is 23.9 Å². The number of hydrogen-bond donors (Lipinski definition) is 1. The maximum absolute atomic E-state index is 12.4. The van der Waals surface area contributed by atoms with Gasteiger partial charge in [0.25, 0.3) is 5.91 Å². The number of carbonyl (C=O) groups is 2. The van der Waals surface area contributed by atoms with E-state index >= 15 is 0 Å². The number of benzene rings is 1. The Morgan fingerprint density at radius 2 is 2.05 bits per heavy atom. The molecule has 2 aliphatic heterocycles. The number of hydrogen-bond acceptors (Lipinski definition) is 2. The van der Waals surface area contributed by atoms with Crippen molar-refractivity contribution < 1.29 is 9.59 Å². The molecule has 0 aromatic heterocycles. The van der Waals surface area contributed by atoms with Gasteiger partial charge in [0.1, 0.15) is 0 Å². The summed E-state index contributed by atoms with van der Waals surface area (Å²) in [4.78, 5) is 28.0. The molecule has 2 aliphatic rings. The third kappa shape index (κ3) is 2.11. The van der Waals surface area contributed by atoms with Gasteiger partial charge in [-0.1, -0.05) is 36.4 Å². The minimum absolute atomic E-state index is 0.0343. The first kappa shape index (κ1) is 13.4. The lowest BCUT2D eigenvalue weighted by molar-refractivity contribution is -0.124. The molecule has 21 heavy (non-hydrogen) atoms. The van der Waals surface area contributed by atoms with Gasteiger partial charge in [-0.15, -0.1) is 6.58 Å². The Morgan fingerprint density at radius 1 is 1.33 bits per heavy atom. The van der Waals surface area contributed by atoms with Gasteiger partial charge >= 0.3 is 6.03 Å². The molecule has 1 atom stereocenters. The fourth-order valence-electron chi connectivity index (χ4n) is 2.85. The SMILES string of the molecule is C=CCN1C(=O)N[C@@H](c2ccccc2)C2=C1CN(C)C2=O. The lowest BCUT2D eigenvalue weighted by atomic mass is 9.95. The molecule has 0 aliphatic carbocycles. The number of nitrogens with one attached hydrogen (secondary N) is 1. The van der Waals surface area contributed by atoms with Crippen LogP contribution in [0.3, 0.4) is 0 Å². The van der Waals surface area contributed by atoms with Crippen LogP contribution in [-0.4, -0.2) is 41.9 Å². The Morgan fingerprint density at radius 3 is 2.71 bits per heavy atom. The Labute approximate surface area is 123 Å². The van der Waals surface area contributed by atoms with Crippen molar-refractivity contribution in [3.63, 3.8) is 0 Å². The zero-order valence-corrected chi connectivity index (χ0v) is 11.9. The Balaban J connectivity index is 2.09. The largest absolute Gasteiger partial charge is 0.336 e. The molecule has 0 spiro atoms. The van der Waals surface area contributed by atoms with Crippen molar-refractivity contribution in [2.45, 2.75) is 6.04 Å². The summed E-state index contributed by atoms with van der Waals surface area (Å²) in [6, 6.07) is 8.99. The van der Waals surface area contributed by atoms with E-state index < -0.39 is 0 Å². The third-order valence-electron chi connectivity index (χ3n) is 3.85. The molecular weight excluding hydrogens is 266 g/mol. The van der Waals surface area contributed by atoms with Crippen molar-refractivity contribution in [2.75, 3.05) is 20.1 Å². The van der Waals surface area contributed by atoms with Crippen LogP contribution in [0.4, 0.5) is 4.79 Å². The van der Waals surface area contributed by atoms with Gasteiger partial charge in [0, 0.05) is 13.6 Å². The first-order chi connectivity index (χ1) is 10.1. The van der Waals surface area contributed by atoms with E-state index in [2.05, 4.69) is 11.9 Å². The van der Waals surface area contributed by atoms with Crippen molar-refractivity contribution in [3.05, 3.63) is 59.8 Å². The average molecular weight is 283 g/mol. The van der Waals surface area contributed by atoms with Crippen molar-refractivity contribution in [3.8, 4) is 0 Å². The molecule has 0 unspecified atom stereocenters. The molecule has 2 heterocycles. The smallest absolute Gasteiger partial charge is 0.322 e. The maximum atomic E-state index is 12.4. The van der Waals surface area contributed by atoms with Crippen molar-refractivity contribution in [1.82, 2.24) is 15.1 Å². The van der Waals surface area contributed by atoms with Gasteiger partial charge in [0.15, 0.2) is 0 Å². The molecule has 0 saturated heterocycles. The molecule has 5 heteroatoms. The topological polar surface area (TPSA) is 52.7 Å². The predicted octanol–water partition coefficient (Wildman–Crippen LogP) is 1.67. The van der Waals surface area contributed by atoms with E-state index in [1.165, 1.54) is 0 Å². The summed E-state index contributed by atoms with van der Waals surface area (Å²) in [7, 11) is 1.75. The van der Waals surface area contributed by atoms with Crippen LogP contribution >= 0.6 is 0 Å². The van der Waals surface area contributed by atoms with E-state index in [1.807, 2.05) is 30.3 Å². The van der Waals surface area contributed by atoms with E-state index in [9.17, 15) is 9.59 Å².